The summed E-state index contributed by atoms with van der Waals surface area (Å²) in [5.74, 6) is 0. The zero-order valence-corrected chi connectivity index (χ0v) is 20.0. The first kappa shape index (κ1) is 24.6. The smallest absolute Gasteiger partial charge is 0.272 e. The van der Waals surface area contributed by atoms with Crippen molar-refractivity contribution in [3.05, 3.63) is 57.8 Å². The fourth-order valence-corrected chi connectivity index (χ4v) is 4.55. The van der Waals surface area contributed by atoms with Crippen molar-refractivity contribution in [3.63, 3.8) is 0 Å². The Hall–Kier alpha value is -2.08. The molecule has 0 unspecified atom stereocenters. The third kappa shape index (κ3) is 6.25. The van der Waals surface area contributed by atoms with E-state index in [0.717, 1.165) is 35.3 Å². The number of halogens is 2. The van der Waals surface area contributed by atoms with Gasteiger partial charge in [-0.3, -0.25) is 4.79 Å². The number of rotatable bonds is 8. The Morgan fingerprint density at radius 1 is 0.969 bits per heavy atom. The highest BCUT2D eigenvalue weighted by atomic mass is 35.5. The molecule has 2 heterocycles. The molecule has 2 aromatic carbocycles. The van der Waals surface area contributed by atoms with E-state index < -0.39 is 0 Å². The molecule has 7 heteroatoms. The maximum absolute atomic E-state index is 12.1. The van der Waals surface area contributed by atoms with Crippen molar-refractivity contribution in [1.82, 2.24) is 15.1 Å². The average molecular weight is 475 g/mol. The number of nitrogens with one attached hydrogen (secondary N) is 2. The maximum Gasteiger partial charge on any atom is 0.272 e. The van der Waals surface area contributed by atoms with Gasteiger partial charge in [0.15, 0.2) is 0 Å². The first-order chi connectivity index (χ1) is 15.2. The number of nitrogens with zero attached hydrogens (tertiary/aromatic N) is 2. The van der Waals surface area contributed by atoms with E-state index in [2.05, 4.69) is 20.4 Å². The van der Waals surface area contributed by atoms with Gasteiger partial charge in [0.05, 0.1) is 21.8 Å². The lowest BCUT2D eigenvalue weighted by Crippen LogP contribution is -2.25. The van der Waals surface area contributed by atoms with Gasteiger partial charge >= 0.3 is 0 Å². The number of H-pyrrole nitrogens is 1. The molecule has 0 aliphatic carbocycles. The minimum absolute atomic E-state index is 0. The summed E-state index contributed by atoms with van der Waals surface area (Å²) in [6, 6.07) is 13.4. The van der Waals surface area contributed by atoms with Crippen molar-refractivity contribution >= 4 is 40.5 Å². The average Bonchev–Trinajstić information content (AvgIpc) is 3.07. The summed E-state index contributed by atoms with van der Waals surface area (Å²) in [4.78, 5) is 14.7. The second kappa shape index (κ2) is 12.2. The van der Waals surface area contributed by atoms with Gasteiger partial charge in [0, 0.05) is 17.5 Å². The van der Waals surface area contributed by atoms with Crippen molar-refractivity contribution in [2.75, 3.05) is 31.5 Å². The summed E-state index contributed by atoms with van der Waals surface area (Å²) >= 11 is 6.44. The molecule has 0 spiro atoms. The number of anilines is 1. The Bertz CT molecular complexity index is 1060. The quantitative estimate of drug-likeness (QED) is 0.385. The molecule has 4 rings (SSSR count). The summed E-state index contributed by atoms with van der Waals surface area (Å²) in [7, 11) is 0. The lowest BCUT2D eigenvalue weighted by atomic mass is 10.0. The SMILES string of the molecule is Cl.O=c1[nH]nc(-c2ccc(Cl)c(NCCCCCN3CCCCCC3)c2)c2ccccc12. The lowest BCUT2D eigenvalue weighted by molar-refractivity contribution is 0.278. The van der Waals surface area contributed by atoms with Crippen molar-refractivity contribution in [3.8, 4) is 11.3 Å². The van der Waals surface area contributed by atoms with Crippen LogP contribution in [0.5, 0.6) is 0 Å². The standard InChI is InChI=1S/C25H31ClN4O.ClH/c26-22-13-12-19(24-20-10-4-5-11-21(20)25(31)29-28-24)18-23(22)27-14-6-3-9-17-30-15-7-1-2-8-16-30;/h4-5,10-13,18,27H,1-3,6-9,14-17H2,(H,29,31);1H. The van der Waals surface area contributed by atoms with Crippen LogP contribution in [0.3, 0.4) is 0 Å². The van der Waals surface area contributed by atoms with Crippen molar-refractivity contribution in [1.29, 1.82) is 0 Å². The third-order valence-corrected chi connectivity index (χ3v) is 6.43. The van der Waals surface area contributed by atoms with Crippen LogP contribution in [0.15, 0.2) is 47.3 Å². The van der Waals surface area contributed by atoms with Crippen molar-refractivity contribution < 1.29 is 0 Å². The minimum atomic E-state index is -0.174. The zero-order chi connectivity index (χ0) is 21.5. The number of aromatic amines is 1. The predicted molar refractivity (Wildman–Crippen MR) is 137 cm³/mol. The number of hydrogen-bond acceptors (Lipinski definition) is 4. The van der Waals surface area contributed by atoms with Gasteiger partial charge in [-0.05, 0) is 63.5 Å². The number of fused-ring (bicyclic) bond motifs is 1. The Morgan fingerprint density at radius 3 is 2.50 bits per heavy atom. The molecule has 3 aromatic rings. The van der Waals surface area contributed by atoms with Gasteiger partial charge in [-0.2, -0.15) is 5.10 Å². The molecular weight excluding hydrogens is 443 g/mol. The van der Waals surface area contributed by atoms with Gasteiger partial charge in [0.2, 0.25) is 0 Å². The van der Waals surface area contributed by atoms with Crippen LogP contribution >= 0.6 is 24.0 Å². The first-order valence-corrected chi connectivity index (χ1v) is 11.8. The molecule has 0 radical (unpaired) electrons. The molecule has 5 nitrogen and oxygen atoms in total. The van der Waals surface area contributed by atoms with Crippen LogP contribution in [-0.2, 0) is 0 Å². The van der Waals surface area contributed by atoms with Crippen LogP contribution < -0.4 is 10.9 Å². The van der Waals surface area contributed by atoms with Gasteiger partial charge in [0.25, 0.3) is 5.56 Å². The molecule has 1 aliphatic heterocycles. The second-order valence-electron chi connectivity index (χ2n) is 8.38. The van der Waals surface area contributed by atoms with Gasteiger partial charge in [-0.1, -0.05) is 55.1 Å². The number of likely N-dealkylation sites (tertiary alicyclic amines) is 1. The second-order valence-corrected chi connectivity index (χ2v) is 8.79. The van der Waals surface area contributed by atoms with E-state index >= 15 is 0 Å². The van der Waals surface area contributed by atoms with E-state index in [1.807, 2.05) is 42.5 Å². The first-order valence-electron chi connectivity index (χ1n) is 11.5. The van der Waals surface area contributed by atoms with Crippen LogP contribution in [0, 0.1) is 0 Å². The van der Waals surface area contributed by atoms with Crippen LogP contribution in [-0.4, -0.2) is 41.3 Å². The fourth-order valence-electron chi connectivity index (χ4n) is 4.36. The molecular formula is C25H32Cl2N4O. The molecule has 0 saturated carbocycles. The van der Waals surface area contributed by atoms with Crippen molar-refractivity contribution in [2.45, 2.75) is 44.9 Å². The van der Waals surface area contributed by atoms with Gasteiger partial charge < -0.3 is 10.2 Å². The van der Waals surface area contributed by atoms with Crippen molar-refractivity contribution in [2.24, 2.45) is 0 Å². The highest BCUT2D eigenvalue weighted by Crippen LogP contribution is 2.30. The van der Waals surface area contributed by atoms with E-state index in [-0.39, 0.29) is 18.0 Å². The molecule has 32 heavy (non-hydrogen) atoms. The minimum Gasteiger partial charge on any atom is -0.384 e. The molecule has 0 amide bonds. The molecule has 172 valence electrons. The van der Waals surface area contributed by atoms with E-state index in [4.69, 9.17) is 11.6 Å². The lowest BCUT2D eigenvalue weighted by Gasteiger charge is -2.19. The van der Waals surface area contributed by atoms with Crippen LogP contribution in [0.2, 0.25) is 5.02 Å². The molecule has 1 saturated heterocycles. The topological polar surface area (TPSA) is 61.0 Å². The number of aromatic nitrogens is 2. The summed E-state index contributed by atoms with van der Waals surface area (Å²) < 4.78 is 0. The van der Waals surface area contributed by atoms with Crippen LogP contribution in [0.25, 0.3) is 22.0 Å². The largest absolute Gasteiger partial charge is 0.384 e. The van der Waals surface area contributed by atoms with E-state index in [9.17, 15) is 4.79 Å². The molecule has 0 bridgehead atoms. The normalized spacial score (nSPS) is 14.7. The fraction of sp³-hybridized carbons (Fsp3) is 0.440. The Morgan fingerprint density at radius 2 is 1.72 bits per heavy atom. The molecule has 2 N–H and O–H groups in total. The predicted octanol–water partition coefficient (Wildman–Crippen LogP) is 6.12. The molecule has 1 aliphatic rings. The summed E-state index contributed by atoms with van der Waals surface area (Å²) in [6.07, 6.45) is 9.09. The van der Waals surface area contributed by atoms with Crippen LogP contribution in [0.1, 0.15) is 44.9 Å². The highest BCUT2D eigenvalue weighted by Gasteiger charge is 2.11. The Balaban J connectivity index is 0.00000289. The summed E-state index contributed by atoms with van der Waals surface area (Å²) in [5.41, 5.74) is 2.42. The van der Waals surface area contributed by atoms with Gasteiger partial charge in [-0.25, -0.2) is 5.10 Å². The van der Waals surface area contributed by atoms with E-state index in [0.29, 0.717) is 10.4 Å². The highest BCUT2D eigenvalue weighted by molar-refractivity contribution is 6.33. The molecule has 1 fully saturated rings. The Labute approximate surface area is 201 Å². The Kier molecular flexibility index (Phi) is 9.39. The summed E-state index contributed by atoms with van der Waals surface area (Å²) in [6.45, 7) is 4.66. The van der Waals surface area contributed by atoms with Gasteiger partial charge in [0.1, 0.15) is 0 Å². The molecule has 1 aromatic heterocycles. The molecule has 0 atom stereocenters. The number of benzene rings is 2. The van der Waals surface area contributed by atoms with Crippen LogP contribution in [0.4, 0.5) is 5.69 Å². The number of unbranched alkanes of at least 4 members (excludes halogenated alkanes) is 2. The van der Waals surface area contributed by atoms with E-state index in [1.54, 1.807) is 0 Å². The zero-order valence-electron chi connectivity index (χ0n) is 18.4. The van der Waals surface area contributed by atoms with Gasteiger partial charge in [-0.15, -0.1) is 12.4 Å². The monoisotopic (exact) mass is 474 g/mol. The van der Waals surface area contributed by atoms with E-state index in [1.165, 1.54) is 58.2 Å². The number of hydrogen-bond donors (Lipinski definition) is 2. The maximum atomic E-state index is 12.1. The summed E-state index contributed by atoms with van der Waals surface area (Å²) in [5, 5.41) is 12.6. The third-order valence-electron chi connectivity index (χ3n) is 6.10.